The van der Waals surface area contributed by atoms with Gasteiger partial charge in [0.1, 0.15) is 0 Å². The van der Waals surface area contributed by atoms with Crippen LogP contribution in [0, 0.1) is 0 Å². The first kappa shape index (κ1) is 18.2. The molecule has 1 saturated carbocycles. The number of carbonyl (C=O) groups is 2. The van der Waals surface area contributed by atoms with E-state index >= 15 is 0 Å². The molecule has 3 N–H and O–H groups in total. The van der Waals surface area contributed by atoms with Gasteiger partial charge in [0.25, 0.3) is 5.91 Å². The number of amides is 2. The minimum Gasteiger partial charge on any atom is -0.349 e. The van der Waals surface area contributed by atoms with Crippen LogP contribution in [0.2, 0.25) is 0 Å². The minimum atomic E-state index is -0.632. The van der Waals surface area contributed by atoms with Crippen molar-refractivity contribution in [3.8, 4) is 0 Å². The van der Waals surface area contributed by atoms with Crippen LogP contribution in [0.5, 0.6) is 0 Å². The van der Waals surface area contributed by atoms with Crippen molar-refractivity contribution in [2.24, 2.45) is 5.73 Å². The standard InChI is InChI=1S/C16H23N3O2S.ClH/c17-16(6-1-2-7-16)15(21)19-8-3-13(4-9-19)18-14(20)12-5-10-22-11-12;/h5,10-11,13H,1-4,6-9,17H2,(H,18,20);1H. The lowest BCUT2D eigenvalue weighted by atomic mass is 9.95. The number of nitrogens with one attached hydrogen (secondary N) is 1. The van der Waals surface area contributed by atoms with Gasteiger partial charge in [-0.2, -0.15) is 11.3 Å². The number of carbonyl (C=O) groups excluding carboxylic acids is 2. The van der Waals surface area contributed by atoms with Crippen LogP contribution in [0.15, 0.2) is 16.8 Å². The van der Waals surface area contributed by atoms with E-state index in [4.69, 9.17) is 5.73 Å². The predicted octanol–water partition coefficient (Wildman–Crippen LogP) is 2.16. The van der Waals surface area contributed by atoms with Gasteiger partial charge in [0.15, 0.2) is 0 Å². The van der Waals surface area contributed by atoms with Gasteiger partial charge in [-0.05, 0) is 37.1 Å². The van der Waals surface area contributed by atoms with E-state index in [1.165, 1.54) is 11.3 Å². The normalized spacial score (nSPS) is 20.8. The highest BCUT2D eigenvalue weighted by atomic mass is 35.5. The van der Waals surface area contributed by atoms with Gasteiger partial charge in [-0.15, -0.1) is 12.4 Å². The largest absolute Gasteiger partial charge is 0.349 e. The summed E-state index contributed by atoms with van der Waals surface area (Å²) in [5, 5.41) is 6.81. The van der Waals surface area contributed by atoms with Crippen molar-refractivity contribution >= 4 is 35.6 Å². The second-order valence-electron chi connectivity index (χ2n) is 6.42. The molecule has 5 nitrogen and oxygen atoms in total. The van der Waals surface area contributed by atoms with E-state index in [2.05, 4.69) is 5.32 Å². The van der Waals surface area contributed by atoms with Crippen molar-refractivity contribution in [3.05, 3.63) is 22.4 Å². The van der Waals surface area contributed by atoms with Gasteiger partial charge in [-0.1, -0.05) is 12.8 Å². The van der Waals surface area contributed by atoms with E-state index in [1.807, 2.05) is 21.7 Å². The number of hydrogen-bond acceptors (Lipinski definition) is 4. The number of hydrogen-bond donors (Lipinski definition) is 2. The molecule has 0 spiro atoms. The summed E-state index contributed by atoms with van der Waals surface area (Å²) < 4.78 is 0. The van der Waals surface area contributed by atoms with E-state index in [9.17, 15) is 9.59 Å². The molecule has 1 aromatic heterocycles. The summed E-state index contributed by atoms with van der Waals surface area (Å²) in [6.45, 7) is 1.37. The van der Waals surface area contributed by atoms with Crippen LogP contribution in [0.25, 0.3) is 0 Å². The van der Waals surface area contributed by atoms with E-state index in [1.54, 1.807) is 0 Å². The number of nitrogens with zero attached hydrogens (tertiary/aromatic N) is 1. The second-order valence-corrected chi connectivity index (χ2v) is 7.20. The maximum Gasteiger partial charge on any atom is 0.252 e. The highest BCUT2D eigenvalue weighted by molar-refractivity contribution is 7.08. The summed E-state index contributed by atoms with van der Waals surface area (Å²) in [5.41, 5.74) is 6.34. The third-order valence-corrected chi connectivity index (χ3v) is 5.51. The van der Waals surface area contributed by atoms with Crippen LogP contribution in [0.4, 0.5) is 0 Å². The zero-order valence-corrected chi connectivity index (χ0v) is 14.8. The highest BCUT2D eigenvalue weighted by Crippen LogP contribution is 2.30. The van der Waals surface area contributed by atoms with E-state index in [-0.39, 0.29) is 30.3 Å². The lowest BCUT2D eigenvalue weighted by Gasteiger charge is -2.37. The Morgan fingerprint density at radius 1 is 1.26 bits per heavy atom. The second kappa shape index (κ2) is 7.64. The molecule has 0 unspecified atom stereocenters. The Hall–Kier alpha value is -1.11. The first-order chi connectivity index (χ1) is 10.6. The number of nitrogens with two attached hydrogens (primary N) is 1. The lowest BCUT2D eigenvalue weighted by molar-refractivity contribution is -0.137. The minimum absolute atomic E-state index is 0. The van der Waals surface area contributed by atoms with Crippen LogP contribution in [0.3, 0.4) is 0 Å². The molecule has 3 rings (SSSR count). The molecule has 2 heterocycles. The average Bonchev–Trinajstić information content (AvgIpc) is 3.19. The summed E-state index contributed by atoms with van der Waals surface area (Å²) in [6.07, 6.45) is 5.32. The molecule has 2 fully saturated rings. The van der Waals surface area contributed by atoms with Crippen molar-refractivity contribution in [1.82, 2.24) is 10.2 Å². The summed E-state index contributed by atoms with van der Waals surface area (Å²) in [4.78, 5) is 26.5. The van der Waals surface area contributed by atoms with Crippen LogP contribution >= 0.6 is 23.7 Å². The average molecular weight is 358 g/mol. The van der Waals surface area contributed by atoms with Crippen LogP contribution < -0.4 is 11.1 Å². The number of piperidine rings is 1. The van der Waals surface area contributed by atoms with Crippen molar-refractivity contribution in [2.45, 2.75) is 50.1 Å². The zero-order chi connectivity index (χ0) is 15.6. The summed E-state index contributed by atoms with van der Waals surface area (Å²) in [7, 11) is 0. The van der Waals surface area contributed by atoms with Crippen LogP contribution in [-0.4, -0.2) is 41.4 Å². The number of halogens is 1. The van der Waals surface area contributed by atoms with Gasteiger partial charge >= 0.3 is 0 Å². The number of thiophene rings is 1. The molecular formula is C16H24ClN3O2S. The Kier molecular flexibility index (Phi) is 6.06. The van der Waals surface area contributed by atoms with Gasteiger partial charge in [0.2, 0.25) is 5.91 Å². The first-order valence-corrected chi connectivity index (χ1v) is 8.94. The van der Waals surface area contributed by atoms with Crippen LogP contribution in [0.1, 0.15) is 48.9 Å². The molecule has 0 bridgehead atoms. The molecule has 1 aliphatic heterocycles. The monoisotopic (exact) mass is 357 g/mol. The Labute approximate surface area is 147 Å². The summed E-state index contributed by atoms with van der Waals surface area (Å²) in [6, 6.07) is 1.98. The fraction of sp³-hybridized carbons (Fsp3) is 0.625. The number of likely N-dealkylation sites (tertiary alicyclic amines) is 1. The van der Waals surface area contributed by atoms with Crippen molar-refractivity contribution < 1.29 is 9.59 Å². The van der Waals surface area contributed by atoms with Crippen molar-refractivity contribution in [1.29, 1.82) is 0 Å². The summed E-state index contributed by atoms with van der Waals surface area (Å²) in [5.74, 6) is 0.0877. The highest BCUT2D eigenvalue weighted by Gasteiger charge is 2.40. The Balaban J connectivity index is 0.00000192. The Morgan fingerprint density at radius 3 is 2.48 bits per heavy atom. The zero-order valence-electron chi connectivity index (χ0n) is 13.1. The summed E-state index contributed by atoms with van der Waals surface area (Å²) >= 11 is 1.52. The van der Waals surface area contributed by atoms with Crippen molar-refractivity contribution in [3.63, 3.8) is 0 Å². The third kappa shape index (κ3) is 4.05. The number of rotatable bonds is 3. The molecule has 1 aromatic rings. The molecule has 0 radical (unpaired) electrons. The quantitative estimate of drug-likeness (QED) is 0.870. The maximum atomic E-state index is 12.6. The topological polar surface area (TPSA) is 75.4 Å². The molecule has 7 heteroatoms. The molecular weight excluding hydrogens is 334 g/mol. The molecule has 23 heavy (non-hydrogen) atoms. The van der Waals surface area contributed by atoms with Gasteiger partial charge < -0.3 is 16.0 Å². The Bertz CT molecular complexity index is 536. The molecule has 2 amide bonds. The SMILES string of the molecule is Cl.NC1(C(=O)N2CCC(NC(=O)c3ccsc3)CC2)CCCC1. The molecule has 0 aromatic carbocycles. The van der Waals surface area contributed by atoms with E-state index in [0.29, 0.717) is 13.1 Å². The fourth-order valence-electron chi connectivity index (χ4n) is 3.42. The van der Waals surface area contributed by atoms with Gasteiger partial charge in [0.05, 0.1) is 5.54 Å². The smallest absolute Gasteiger partial charge is 0.252 e. The van der Waals surface area contributed by atoms with Crippen LogP contribution in [-0.2, 0) is 4.79 Å². The Morgan fingerprint density at radius 2 is 1.91 bits per heavy atom. The molecule has 1 saturated heterocycles. The lowest BCUT2D eigenvalue weighted by Crippen LogP contribution is -2.56. The molecule has 128 valence electrons. The van der Waals surface area contributed by atoms with E-state index in [0.717, 1.165) is 44.1 Å². The predicted molar refractivity (Wildman–Crippen MR) is 94.0 cm³/mol. The van der Waals surface area contributed by atoms with Gasteiger partial charge in [0, 0.05) is 30.1 Å². The first-order valence-electron chi connectivity index (χ1n) is 8.00. The van der Waals surface area contributed by atoms with Crippen molar-refractivity contribution in [2.75, 3.05) is 13.1 Å². The third-order valence-electron chi connectivity index (χ3n) is 4.82. The molecule has 0 atom stereocenters. The molecule has 1 aliphatic carbocycles. The maximum absolute atomic E-state index is 12.6. The van der Waals surface area contributed by atoms with E-state index < -0.39 is 5.54 Å². The fourth-order valence-corrected chi connectivity index (χ4v) is 4.06. The van der Waals surface area contributed by atoms with Gasteiger partial charge in [-0.3, -0.25) is 9.59 Å². The molecule has 2 aliphatic rings. The van der Waals surface area contributed by atoms with Gasteiger partial charge in [-0.25, -0.2) is 0 Å².